The molecule has 3 heterocycles. The molecule has 3 rings (SSSR count). The molecular formula is C17H28N4O. The quantitative estimate of drug-likeness (QED) is 0.885. The van der Waals surface area contributed by atoms with Crippen LogP contribution in [0.4, 0.5) is 0 Å². The summed E-state index contributed by atoms with van der Waals surface area (Å²) >= 11 is 0. The molecule has 1 unspecified atom stereocenters. The number of aliphatic hydroxyl groups is 1. The maximum atomic E-state index is 10.8. The van der Waals surface area contributed by atoms with Crippen LogP contribution in [0.2, 0.25) is 0 Å². The van der Waals surface area contributed by atoms with Crippen molar-refractivity contribution in [3.05, 3.63) is 30.1 Å². The average molecular weight is 304 g/mol. The molecule has 5 heteroatoms. The number of nitrogens with zero attached hydrogens (tertiary/aromatic N) is 4. The van der Waals surface area contributed by atoms with Gasteiger partial charge in [0.2, 0.25) is 0 Å². The second kappa shape index (κ2) is 7.04. The summed E-state index contributed by atoms with van der Waals surface area (Å²) in [5.41, 5.74) is 0.816. The largest absolute Gasteiger partial charge is 0.387 e. The molecule has 0 radical (unpaired) electrons. The van der Waals surface area contributed by atoms with E-state index < -0.39 is 5.60 Å². The van der Waals surface area contributed by atoms with Gasteiger partial charge in [-0.15, -0.1) is 0 Å². The molecule has 2 saturated heterocycles. The summed E-state index contributed by atoms with van der Waals surface area (Å²) in [6.07, 6.45) is 5.77. The van der Waals surface area contributed by atoms with E-state index in [-0.39, 0.29) is 0 Å². The monoisotopic (exact) mass is 304 g/mol. The van der Waals surface area contributed by atoms with Crippen molar-refractivity contribution in [1.82, 2.24) is 19.7 Å². The number of likely N-dealkylation sites (N-methyl/N-ethyl adjacent to an activating group) is 1. The summed E-state index contributed by atoms with van der Waals surface area (Å²) in [7, 11) is 2.11. The van der Waals surface area contributed by atoms with Gasteiger partial charge in [0.1, 0.15) is 0 Å². The molecule has 1 aromatic heterocycles. The molecule has 0 aliphatic carbocycles. The van der Waals surface area contributed by atoms with E-state index in [1.807, 2.05) is 12.4 Å². The van der Waals surface area contributed by atoms with Gasteiger partial charge in [-0.3, -0.25) is 14.8 Å². The van der Waals surface area contributed by atoms with Crippen LogP contribution in [0.3, 0.4) is 0 Å². The van der Waals surface area contributed by atoms with Crippen LogP contribution in [0, 0.1) is 0 Å². The number of piperidine rings is 1. The summed E-state index contributed by atoms with van der Waals surface area (Å²) in [6, 6.07) is 4.18. The van der Waals surface area contributed by atoms with Crippen molar-refractivity contribution in [3.8, 4) is 0 Å². The molecule has 122 valence electrons. The third-order valence-electron chi connectivity index (χ3n) is 4.88. The summed E-state index contributed by atoms with van der Waals surface area (Å²) in [5.74, 6) is 0. The predicted molar refractivity (Wildman–Crippen MR) is 87.6 cm³/mol. The minimum Gasteiger partial charge on any atom is -0.387 e. The SMILES string of the molecule is CN1CCCC(O)(CN2CCN(Cc3ccncc3)CC2)C1. The molecule has 0 bridgehead atoms. The number of likely N-dealkylation sites (tertiary alicyclic amines) is 1. The van der Waals surface area contributed by atoms with Gasteiger partial charge in [-0.1, -0.05) is 0 Å². The zero-order valence-corrected chi connectivity index (χ0v) is 13.6. The first-order valence-corrected chi connectivity index (χ1v) is 8.38. The fraction of sp³-hybridized carbons (Fsp3) is 0.706. The van der Waals surface area contributed by atoms with Crippen molar-refractivity contribution in [1.29, 1.82) is 0 Å². The van der Waals surface area contributed by atoms with E-state index in [9.17, 15) is 5.11 Å². The highest BCUT2D eigenvalue weighted by Crippen LogP contribution is 2.22. The van der Waals surface area contributed by atoms with E-state index in [0.717, 1.165) is 65.2 Å². The molecule has 1 aromatic rings. The Morgan fingerprint density at radius 2 is 1.77 bits per heavy atom. The van der Waals surface area contributed by atoms with E-state index in [1.165, 1.54) is 5.56 Å². The van der Waals surface area contributed by atoms with Gasteiger partial charge in [-0.25, -0.2) is 0 Å². The van der Waals surface area contributed by atoms with Crippen LogP contribution in [0.25, 0.3) is 0 Å². The van der Waals surface area contributed by atoms with Gasteiger partial charge in [-0.05, 0) is 44.1 Å². The van der Waals surface area contributed by atoms with Gasteiger partial charge in [0, 0.05) is 58.2 Å². The summed E-state index contributed by atoms with van der Waals surface area (Å²) in [6.45, 7) is 8.01. The molecular weight excluding hydrogens is 276 g/mol. The van der Waals surface area contributed by atoms with Crippen LogP contribution in [-0.4, -0.2) is 83.3 Å². The number of aromatic nitrogens is 1. The van der Waals surface area contributed by atoms with Crippen molar-refractivity contribution < 1.29 is 5.11 Å². The van der Waals surface area contributed by atoms with Crippen LogP contribution in [0.1, 0.15) is 18.4 Å². The van der Waals surface area contributed by atoms with Gasteiger partial charge in [0.05, 0.1) is 5.60 Å². The first kappa shape index (κ1) is 15.9. The molecule has 2 aliphatic rings. The van der Waals surface area contributed by atoms with Crippen molar-refractivity contribution in [2.24, 2.45) is 0 Å². The van der Waals surface area contributed by atoms with E-state index in [2.05, 4.69) is 38.9 Å². The van der Waals surface area contributed by atoms with Crippen molar-refractivity contribution in [2.75, 3.05) is 52.9 Å². The number of β-amino-alcohol motifs (C(OH)–C–C–N with tert-alkyl or cyclic N) is 1. The zero-order chi connectivity index (χ0) is 15.4. The molecule has 0 saturated carbocycles. The van der Waals surface area contributed by atoms with Crippen molar-refractivity contribution >= 4 is 0 Å². The first-order chi connectivity index (χ1) is 10.6. The Bertz CT molecular complexity index is 461. The molecule has 2 aliphatic heterocycles. The Kier molecular flexibility index (Phi) is 5.08. The maximum Gasteiger partial charge on any atom is 0.0900 e. The van der Waals surface area contributed by atoms with E-state index >= 15 is 0 Å². The fourth-order valence-corrected chi connectivity index (χ4v) is 3.74. The smallest absolute Gasteiger partial charge is 0.0900 e. The molecule has 0 aromatic carbocycles. The summed E-state index contributed by atoms with van der Waals surface area (Å²) in [4.78, 5) is 11.2. The lowest BCUT2D eigenvalue weighted by Gasteiger charge is -2.43. The minimum absolute atomic E-state index is 0.514. The highest BCUT2D eigenvalue weighted by atomic mass is 16.3. The zero-order valence-electron chi connectivity index (χ0n) is 13.6. The lowest BCUT2D eigenvalue weighted by Crippen LogP contribution is -2.56. The number of rotatable bonds is 4. The van der Waals surface area contributed by atoms with Crippen LogP contribution in [0.15, 0.2) is 24.5 Å². The highest BCUT2D eigenvalue weighted by Gasteiger charge is 2.34. The van der Waals surface area contributed by atoms with E-state index in [0.29, 0.717) is 0 Å². The van der Waals surface area contributed by atoms with Crippen LogP contribution in [-0.2, 0) is 6.54 Å². The van der Waals surface area contributed by atoms with Crippen molar-refractivity contribution in [2.45, 2.75) is 25.0 Å². The van der Waals surface area contributed by atoms with Crippen molar-refractivity contribution in [3.63, 3.8) is 0 Å². The van der Waals surface area contributed by atoms with Gasteiger partial charge < -0.3 is 10.0 Å². The van der Waals surface area contributed by atoms with Gasteiger partial charge in [0.15, 0.2) is 0 Å². The third-order valence-corrected chi connectivity index (χ3v) is 4.88. The Morgan fingerprint density at radius 3 is 2.45 bits per heavy atom. The lowest BCUT2D eigenvalue weighted by atomic mass is 9.92. The first-order valence-electron chi connectivity index (χ1n) is 8.38. The average Bonchev–Trinajstić information content (AvgIpc) is 2.50. The minimum atomic E-state index is -0.514. The topological polar surface area (TPSA) is 42.8 Å². The number of hydrogen-bond donors (Lipinski definition) is 1. The standard InChI is InChI=1S/C17H28N4O/c1-19-8-2-5-17(22,14-19)15-21-11-9-20(10-12-21)13-16-3-6-18-7-4-16/h3-4,6-7,22H,2,5,8-15H2,1H3. The molecule has 2 fully saturated rings. The van der Waals surface area contributed by atoms with Crippen LogP contribution < -0.4 is 0 Å². The van der Waals surface area contributed by atoms with E-state index in [1.54, 1.807) is 0 Å². The number of hydrogen-bond acceptors (Lipinski definition) is 5. The Balaban J connectivity index is 1.45. The molecule has 1 N–H and O–H groups in total. The predicted octanol–water partition coefficient (Wildman–Crippen LogP) is 0.656. The van der Waals surface area contributed by atoms with Gasteiger partial charge in [0.25, 0.3) is 0 Å². The van der Waals surface area contributed by atoms with Crippen LogP contribution >= 0.6 is 0 Å². The Morgan fingerprint density at radius 1 is 1.09 bits per heavy atom. The Hall–Kier alpha value is -1.01. The van der Waals surface area contributed by atoms with Crippen LogP contribution in [0.5, 0.6) is 0 Å². The molecule has 0 amide bonds. The van der Waals surface area contributed by atoms with E-state index in [4.69, 9.17) is 0 Å². The molecule has 22 heavy (non-hydrogen) atoms. The summed E-state index contributed by atoms with van der Waals surface area (Å²) < 4.78 is 0. The molecule has 0 spiro atoms. The fourth-order valence-electron chi connectivity index (χ4n) is 3.74. The summed E-state index contributed by atoms with van der Waals surface area (Å²) in [5, 5.41) is 10.8. The number of piperazine rings is 1. The number of pyridine rings is 1. The third kappa shape index (κ3) is 4.26. The van der Waals surface area contributed by atoms with Gasteiger partial charge >= 0.3 is 0 Å². The lowest BCUT2D eigenvalue weighted by molar-refractivity contribution is -0.0544. The maximum absolute atomic E-state index is 10.8. The Labute approximate surface area is 133 Å². The van der Waals surface area contributed by atoms with Gasteiger partial charge in [-0.2, -0.15) is 0 Å². The molecule has 1 atom stereocenters. The molecule has 5 nitrogen and oxygen atoms in total. The second-order valence-electron chi connectivity index (χ2n) is 6.97. The second-order valence-corrected chi connectivity index (χ2v) is 6.97. The normalized spacial score (nSPS) is 28.8. The highest BCUT2D eigenvalue weighted by molar-refractivity contribution is 5.09.